The topological polar surface area (TPSA) is 20.2 Å². The van der Waals surface area contributed by atoms with Gasteiger partial charge in [-0.05, 0) is 17.5 Å². The van der Waals surface area contributed by atoms with E-state index in [0.29, 0.717) is 12.0 Å². The SMILES string of the molecule is C=C(c1ccccc1C(O)CCCC)C(F)(F)F. The maximum atomic E-state index is 12.6. The van der Waals surface area contributed by atoms with Crippen LogP contribution in [0.25, 0.3) is 5.57 Å². The van der Waals surface area contributed by atoms with Gasteiger partial charge in [-0.1, -0.05) is 50.6 Å². The van der Waals surface area contributed by atoms with E-state index in [0.717, 1.165) is 12.8 Å². The minimum Gasteiger partial charge on any atom is -0.388 e. The molecule has 0 bridgehead atoms. The van der Waals surface area contributed by atoms with Crippen molar-refractivity contribution in [2.24, 2.45) is 0 Å². The lowest BCUT2D eigenvalue weighted by atomic mass is 9.94. The van der Waals surface area contributed by atoms with E-state index in [1.807, 2.05) is 6.92 Å². The molecule has 0 radical (unpaired) electrons. The van der Waals surface area contributed by atoms with Crippen molar-refractivity contribution in [3.8, 4) is 0 Å². The molecule has 0 saturated carbocycles. The highest BCUT2D eigenvalue weighted by atomic mass is 19.4. The van der Waals surface area contributed by atoms with Crippen molar-refractivity contribution in [1.29, 1.82) is 0 Å². The number of alkyl halides is 3. The van der Waals surface area contributed by atoms with Crippen molar-refractivity contribution in [3.63, 3.8) is 0 Å². The fourth-order valence-electron chi connectivity index (χ4n) is 1.77. The zero-order valence-corrected chi connectivity index (χ0v) is 10.3. The van der Waals surface area contributed by atoms with Gasteiger partial charge in [-0.3, -0.25) is 0 Å². The van der Waals surface area contributed by atoms with Gasteiger partial charge in [0.1, 0.15) is 0 Å². The molecule has 0 aliphatic rings. The van der Waals surface area contributed by atoms with E-state index in [4.69, 9.17) is 0 Å². The van der Waals surface area contributed by atoms with Gasteiger partial charge >= 0.3 is 6.18 Å². The predicted molar refractivity (Wildman–Crippen MR) is 66.0 cm³/mol. The molecule has 0 fully saturated rings. The first-order valence-electron chi connectivity index (χ1n) is 5.91. The lowest BCUT2D eigenvalue weighted by molar-refractivity contribution is -0.0687. The van der Waals surface area contributed by atoms with E-state index >= 15 is 0 Å². The van der Waals surface area contributed by atoms with Gasteiger partial charge < -0.3 is 5.11 Å². The molecule has 0 aliphatic heterocycles. The molecule has 1 rings (SSSR count). The summed E-state index contributed by atoms with van der Waals surface area (Å²) in [5.41, 5.74) is -0.629. The Balaban J connectivity index is 3.03. The van der Waals surface area contributed by atoms with Crippen molar-refractivity contribution in [3.05, 3.63) is 42.0 Å². The number of rotatable bonds is 5. The largest absolute Gasteiger partial charge is 0.416 e. The normalized spacial score (nSPS) is 13.4. The molecule has 1 atom stereocenters. The number of halogens is 3. The summed E-state index contributed by atoms with van der Waals surface area (Å²) in [4.78, 5) is 0. The second kappa shape index (κ2) is 6.05. The Morgan fingerprint density at radius 3 is 2.50 bits per heavy atom. The van der Waals surface area contributed by atoms with Crippen LogP contribution in [-0.4, -0.2) is 11.3 Å². The number of allylic oxidation sites excluding steroid dienone is 1. The highest BCUT2D eigenvalue weighted by Crippen LogP contribution is 2.36. The lowest BCUT2D eigenvalue weighted by Crippen LogP contribution is -2.12. The molecule has 1 unspecified atom stereocenters. The van der Waals surface area contributed by atoms with Gasteiger partial charge in [0.15, 0.2) is 0 Å². The molecule has 4 heteroatoms. The standard InChI is InChI=1S/C14H17F3O/c1-3-4-9-13(18)12-8-6-5-7-11(12)10(2)14(15,16)17/h5-8,13,18H,2-4,9H2,1H3. The molecule has 0 saturated heterocycles. The van der Waals surface area contributed by atoms with Crippen LogP contribution in [0.4, 0.5) is 13.2 Å². The van der Waals surface area contributed by atoms with E-state index < -0.39 is 17.9 Å². The summed E-state index contributed by atoms with van der Waals surface area (Å²) >= 11 is 0. The molecule has 1 nitrogen and oxygen atoms in total. The molecular formula is C14H17F3O. The maximum absolute atomic E-state index is 12.6. The van der Waals surface area contributed by atoms with Crippen LogP contribution in [0.2, 0.25) is 0 Å². The van der Waals surface area contributed by atoms with Crippen LogP contribution < -0.4 is 0 Å². The molecule has 1 aromatic carbocycles. The van der Waals surface area contributed by atoms with Crippen LogP contribution in [0.5, 0.6) is 0 Å². The Morgan fingerprint density at radius 1 is 1.33 bits per heavy atom. The molecule has 0 aromatic heterocycles. The van der Waals surface area contributed by atoms with Gasteiger partial charge in [0, 0.05) is 0 Å². The Kier molecular flexibility index (Phi) is 4.96. The smallest absolute Gasteiger partial charge is 0.388 e. The molecule has 0 heterocycles. The monoisotopic (exact) mass is 258 g/mol. The van der Waals surface area contributed by atoms with Gasteiger partial charge in [0.25, 0.3) is 0 Å². The van der Waals surface area contributed by atoms with Gasteiger partial charge in [0.2, 0.25) is 0 Å². The van der Waals surface area contributed by atoms with E-state index in [-0.39, 0.29) is 5.56 Å². The molecule has 0 spiro atoms. The van der Waals surface area contributed by atoms with Crippen molar-refractivity contribution in [1.82, 2.24) is 0 Å². The fraction of sp³-hybridized carbons (Fsp3) is 0.429. The van der Waals surface area contributed by atoms with E-state index in [1.54, 1.807) is 6.07 Å². The second-order valence-corrected chi connectivity index (χ2v) is 4.22. The van der Waals surface area contributed by atoms with Gasteiger partial charge in [0.05, 0.1) is 11.7 Å². The molecule has 100 valence electrons. The fourth-order valence-corrected chi connectivity index (χ4v) is 1.77. The van der Waals surface area contributed by atoms with Crippen molar-refractivity contribution in [2.45, 2.75) is 38.5 Å². The predicted octanol–water partition coefficient (Wildman–Crippen LogP) is 4.49. The summed E-state index contributed by atoms with van der Waals surface area (Å²) in [6, 6.07) is 6.01. The van der Waals surface area contributed by atoms with Crippen LogP contribution in [0.3, 0.4) is 0 Å². The van der Waals surface area contributed by atoms with Gasteiger partial charge in [-0.2, -0.15) is 13.2 Å². The van der Waals surface area contributed by atoms with Crippen molar-refractivity contribution in [2.75, 3.05) is 0 Å². The third-order valence-corrected chi connectivity index (χ3v) is 2.82. The maximum Gasteiger partial charge on any atom is 0.416 e. The zero-order chi connectivity index (χ0) is 13.8. The Morgan fingerprint density at radius 2 is 1.94 bits per heavy atom. The summed E-state index contributed by atoms with van der Waals surface area (Å²) in [6.45, 7) is 5.05. The van der Waals surface area contributed by atoms with Crippen LogP contribution in [-0.2, 0) is 0 Å². The number of benzene rings is 1. The van der Waals surface area contributed by atoms with E-state index in [2.05, 4.69) is 6.58 Å². The molecule has 1 N–H and O–H groups in total. The number of unbranched alkanes of at least 4 members (excludes halogenated alkanes) is 1. The third-order valence-electron chi connectivity index (χ3n) is 2.82. The summed E-state index contributed by atoms with van der Waals surface area (Å²) in [5, 5.41) is 9.94. The average molecular weight is 258 g/mol. The van der Waals surface area contributed by atoms with Crippen molar-refractivity contribution < 1.29 is 18.3 Å². The van der Waals surface area contributed by atoms with Crippen LogP contribution in [0.1, 0.15) is 43.4 Å². The molecule has 18 heavy (non-hydrogen) atoms. The quantitative estimate of drug-likeness (QED) is 0.825. The number of hydrogen-bond acceptors (Lipinski definition) is 1. The van der Waals surface area contributed by atoms with E-state index in [9.17, 15) is 18.3 Å². The number of aliphatic hydroxyl groups excluding tert-OH is 1. The first kappa shape index (κ1) is 14.8. The van der Waals surface area contributed by atoms with Crippen molar-refractivity contribution >= 4 is 5.57 Å². The molecule has 1 aromatic rings. The van der Waals surface area contributed by atoms with Crippen LogP contribution in [0, 0.1) is 0 Å². The first-order valence-corrected chi connectivity index (χ1v) is 5.91. The van der Waals surface area contributed by atoms with Gasteiger partial charge in [-0.25, -0.2) is 0 Å². The first-order chi connectivity index (χ1) is 8.38. The Hall–Kier alpha value is -1.29. The van der Waals surface area contributed by atoms with Gasteiger partial charge in [-0.15, -0.1) is 0 Å². The Bertz CT molecular complexity index is 410. The minimum atomic E-state index is -4.47. The third kappa shape index (κ3) is 3.60. The lowest BCUT2D eigenvalue weighted by Gasteiger charge is -2.18. The highest BCUT2D eigenvalue weighted by Gasteiger charge is 2.34. The molecular weight excluding hydrogens is 241 g/mol. The average Bonchev–Trinajstić information content (AvgIpc) is 2.34. The second-order valence-electron chi connectivity index (χ2n) is 4.22. The minimum absolute atomic E-state index is 0.0198. The molecule has 0 amide bonds. The summed E-state index contributed by atoms with van der Waals surface area (Å²) in [5.74, 6) is 0. The number of hydrogen-bond donors (Lipinski definition) is 1. The number of aliphatic hydroxyl groups is 1. The zero-order valence-electron chi connectivity index (χ0n) is 10.3. The highest BCUT2D eigenvalue weighted by molar-refractivity contribution is 5.70. The van der Waals surface area contributed by atoms with Crippen LogP contribution in [0.15, 0.2) is 30.8 Å². The summed E-state index contributed by atoms with van der Waals surface area (Å²) < 4.78 is 37.9. The Labute approximate surface area is 105 Å². The molecule has 0 aliphatic carbocycles. The van der Waals surface area contributed by atoms with Crippen LogP contribution >= 0.6 is 0 Å². The summed E-state index contributed by atoms with van der Waals surface area (Å²) in [7, 11) is 0. The summed E-state index contributed by atoms with van der Waals surface area (Å²) in [6.07, 6.45) is -3.23. The van der Waals surface area contributed by atoms with E-state index in [1.165, 1.54) is 18.2 Å².